The van der Waals surface area contributed by atoms with E-state index < -0.39 is 0 Å². The molecule has 0 saturated heterocycles. The lowest BCUT2D eigenvalue weighted by atomic mass is 10.2. The number of nitrogens with zero attached hydrogens (tertiary/aromatic N) is 2. The molecule has 1 N–H and O–H groups in total. The van der Waals surface area contributed by atoms with Crippen LogP contribution in [-0.2, 0) is 0 Å². The van der Waals surface area contributed by atoms with E-state index in [1.165, 1.54) is 12.4 Å². The summed E-state index contributed by atoms with van der Waals surface area (Å²) in [7, 11) is 0. The van der Waals surface area contributed by atoms with Gasteiger partial charge < -0.3 is 9.72 Å². The van der Waals surface area contributed by atoms with Gasteiger partial charge in [0, 0.05) is 24.2 Å². The van der Waals surface area contributed by atoms with Gasteiger partial charge in [0.15, 0.2) is 5.82 Å². The molecular weight excluding hydrogens is 218 g/mol. The first-order valence-electron chi connectivity index (χ1n) is 5.43. The zero-order chi connectivity index (χ0) is 12.1. The number of ketones is 1. The molecule has 0 spiro atoms. The molecule has 0 amide bonds. The molecule has 0 aliphatic rings. The Morgan fingerprint density at radius 1 is 1.47 bits per heavy atom. The highest BCUT2D eigenvalue weighted by atomic mass is 16.5. The lowest BCUT2D eigenvalue weighted by Crippen LogP contribution is -2.05. The van der Waals surface area contributed by atoms with Crippen molar-refractivity contribution in [2.24, 2.45) is 0 Å². The molecule has 2 rings (SSSR count). The summed E-state index contributed by atoms with van der Waals surface area (Å²) in [6.07, 6.45) is 7.16. The summed E-state index contributed by atoms with van der Waals surface area (Å²) in [4.78, 5) is 22.6. The Labute approximate surface area is 98.9 Å². The Kier molecular flexibility index (Phi) is 3.49. The maximum Gasteiger partial charge on any atom is 0.229 e. The van der Waals surface area contributed by atoms with E-state index in [0.29, 0.717) is 23.7 Å². The van der Waals surface area contributed by atoms with Crippen molar-refractivity contribution in [3.63, 3.8) is 0 Å². The van der Waals surface area contributed by atoms with Crippen molar-refractivity contribution in [2.75, 3.05) is 6.61 Å². The van der Waals surface area contributed by atoms with E-state index in [9.17, 15) is 4.79 Å². The van der Waals surface area contributed by atoms with E-state index in [2.05, 4.69) is 15.0 Å². The molecule has 5 heteroatoms. The molecule has 0 aromatic carbocycles. The maximum absolute atomic E-state index is 11.9. The third-order valence-corrected chi connectivity index (χ3v) is 2.16. The number of ether oxygens (including phenoxy) is 1. The number of aromatic nitrogens is 3. The summed E-state index contributed by atoms with van der Waals surface area (Å²) in [5, 5.41) is 0. The molecule has 2 aromatic rings. The minimum atomic E-state index is -0.190. The smallest absolute Gasteiger partial charge is 0.229 e. The van der Waals surface area contributed by atoms with Gasteiger partial charge in [-0.2, -0.15) is 0 Å². The summed E-state index contributed by atoms with van der Waals surface area (Å²) < 4.78 is 5.42. The quantitative estimate of drug-likeness (QED) is 0.797. The highest BCUT2D eigenvalue weighted by molar-refractivity contribution is 6.06. The summed E-state index contributed by atoms with van der Waals surface area (Å²) in [5.41, 5.74) is 0.466. The van der Waals surface area contributed by atoms with Gasteiger partial charge in [0.1, 0.15) is 5.75 Å². The predicted octanol–water partition coefficient (Wildman–Crippen LogP) is 1.82. The second kappa shape index (κ2) is 5.25. The minimum absolute atomic E-state index is 0.190. The number of hydrogen-bond acceptors (Lipinski definition) is 4. The molecule has 0 atom stereocenters. The zero-order valence-electron chi connectivity index (χ0n) is 9.51. The van der Waals surface area contributed by atoms with Crippen LogP contribution in [0.25, 0.3) is 0 Å². The molecule has 0 radical (unpaired) electrons. The molecule has 0 fully saturated rings. The average molecular weight is 231 g/mol. The molecule has 0 unspecified atom stereocenters. The first-order valence-corrected chi connectivity index (χ1v) is 5.43. The number of aromatic amines is 1. The molecule has 2 heterocycles. The molecule has 17 heavy (non-hydrogen) atoms. The second-order valence-corrected chi connectivity index (χ2v) is 3.52. The number of carbonyl (C=O) groups excluding carboxylic acids is 1. The molecule has 5 nitrogen and oxygen atoms in total. The van der Waals surface area contributed by atoms with E-state index in [1.54, 1.807) is 18.5 Å². The number of H-pyrrole nitrogens is 1. The lowest BCUT2D eigenvalue weighted by molar-refractivity contribution is 0.102. The van der Waals surface area contributed by atoms with Crippen LogP contribution in [0.5, 0.6) is 5.75 Å². The van der Waals surface area contributed by atoms with Gasteiger partial charge in [0.2, 0.25) is 5.78 Å². The third-order valence-electron chi connectivity index (χ3n) is 2.16. The van der Waals surface area contributed by atoms with Gasteiger partial charge >= 0.3 is 0 Å². The number of rotatable bonds is 5. The van der Waals surface area contributed by atoms with Crippen LogP contribution in [-0.4, -0.2) is 27.3 Å². The minimum Gasteiger partial charge on any atom is -0.492 e. The number of carbonyl (C=O) groups is 1. The van der Waals surface area contributed by atoms with E-state index in [-0.39, 0.29) is 5.78 Å². The average Bonchev–Trinajstić information content (AvgIpc) is 2.89. The van der Waals surface area contributed by atoms with Crippen molar-refractivity contribution in [2.45, 2.75) is 13.3 Å². The van der Waals surface area contributed by atoms with E-state index >= 15 is 0 Å². The maximum atomic E-state index is 11.9. The highest BCUT2D eigenvalue weighted by Gasteiger charge is 2.12. The van der Waals surface area contributed by atoms with Gasteiger partial charge in [-0.25, -0.2) is 4.98 Å². The van der Waals surface area contributed by atoms with Crippen LogP contribution in [0.3, 0.4) is 0 Å². The van der Waals surface area contributed by atoms with Crippen molar-refractivity contribution in [3.8, 4) is 5.75 Å². The van der Waals surface area contributed by atoms with Crippen LogP contribution in [0.4, 0.5) is 0 Å². The molecular formula is C12H13N3O2. The largest absolute Gasteiger partial charge is 0.492 e. The fourth-order valence-electron chi connectivity index (χ4n) is 1.37. The van der Waals surface area contributed by atoms with Gasteiger partial charge in [0.25, 0.3) is 0 Å². The van der Waals surface area contributed by atoms with E-state index in [1.807, 2.05) is 6.92 Å². The third kappa shape index (κ3) is 2.69. The van der Waals surface area contributed by atoms with E-state index in [4.69, 9.17) is 4.74 Å². The zero-order valence-corrected chi connectivity index (χ0v) is 9.51. The Morgan fingerprint density at radius 3 is 3.06 bits per heavy atom. The van der Waals surface area contributed by atoms with Crippen LogP contribution in [0.1, 0.15) is 29.5 Å². The van der Waals surface area contributed by atoms with Gasteiger partial charge in [-0.15, -0.1) is 0 Å². The van der Waals surface area contributed by atoms with Crippen LogP contribution < -0.4 is 4.74 Å². The van der Waals surface area contributed by atoms with Crippen LogP contribution in [0.2, 0.25) is 0 Å². The summed E-state index contributed by atoms with van der Waals surface area (Å²) in [6, 6.07) is 1.67. The van der Waals surface area contributed by atoms with Gasteiger partial charge in [0.05, 0.1) is 12.8 Å². The fourth-order valence-corrected chi connectivity index (χ4v) is 1.37. The molecule has 0 aliphatic carbocycles. The van der Waals surface area contributed by atoms with Crippen molar-refractivity contribution >= 4 is 5.78 Å². The predicted molar refractivity (Wildman–Crippen MR) is 62.0 cm³/mol. The number of pyridine rings is 1. The molecule has 0 bridgehead atoms. The lowest BCUT2D eigenvalue weighted by Gasteiger charge is -2.04. The van der Waals surface area contributed by atoms with Crippen molar-refractivity contribution in [3.05, 3.63) is 42.2 Å². The Balaban J connectivity index is 2.18. The SMILES string of the molecule is CCCOc1cncc(C(=O)c2ncc[nH]2)c1. The molecule has 88 valence electrons. The van der Waals surface area contributed by atoms with Gasteiger partial charge in [-0.1, -0.05) is 6.92 Å². The monoisotopic (exact) mass is 231 g/mol. The Morgan fingerprint density at radius 2 is 2.35 bits per heavy atom. The summed E-state index contributed by atoms with van der Waals surface area (Å²) in [6.45, 7) is 2.63. The first kappa shape index (κ1) is 11.3. The van der Waals surface area contributed by atoms with Crippen LogP contribution in [0.15, 0.2) is 30.9 Å². The second-order valence-electron chi connectivity index (χ2n) is 3.52. The topological polar surface area (TPSA) is 67.9 Å². The standard InChI is InChI=1S/C12H13N3O2/c1-2-5-17-10-6-9(7-13-8-10)11(16)12-14-3-4-15-12/h3-4,6-8H,2,5H2,1H3,(H,14,15). The van der Waals surface area contributed by atoms with E-state index in [0.717, 1.165) is 6.42 Å². The van der Waals surface area contributed by atoms with Crippen molar-refractivity contribution in [1.82, 2.24) is 15.0 Å². The molecule has 0 aliphatic heterocycles. The van der Waals surface area contributed by atoms with Gasteiger partial charge in [-0.3, -0.25) is 9.78 Å². The van der Waals surface area contributed by atoms with Crippen LogP contribution >= 0.6 is 0 Å². The number of nitrogens with one attached hydrogen (secondary N) is 1. The summed E-state index contributed by atoms with van der Waals surface area (Å²) in [5.74, 6) is 0.716. The number of hydrogen-bond donors (Lipinski definition) is 1. The first-order chi connectivity index (χ1) is 8.31. The van der Waals surface area contributed by atoms with Crippen LogP contribution in [0, 0.1) is 0 Å². The Hall–Kier alpha value is -2.17. The van der Waals surface area contributed by atoms with Gasteiger partial charge in [-0.05, 0) is 12.5 Å². The van der Waals surface area contributed by atoms with Crippen molar-refractivity contribution < 1.29 is 9.53 Å². The number of imidazole rings is 1. The molecule has 2 aromatic heterocycles. The van der Waals surface area contributed by atoms with Crippen molar-refractivity contribution in [1.29, 1.82) is 0 Å². The fraction of sp³-hybridized carbons (Fsp3) is 0.250. The molecule has 0 saturated carbocycles. The highest BCUT2D eigenvalue weighted by Crippen LogP contribution is 2.13. The summed E-state index contributed by atoms with van der Waals surface area (Å²) >= 11 is 0. The normalized spacial score (nSPS) is 10.2. The Bertz CT molecular complexity index is 494.